The fraction of sp³-hybridized carbons (Fsp3) is 0.400. The van der Waals surface area contributed by atoms with Crippen LogP contribution in [-0.4, -0.2) is 13.1 Å². The van der Waals surface area contributed by atoms with Gasteiger partial charge in [-0.25, -0.2) is 4.39 Å². The Bertz CT molecular complexity index is 268. The summed E-state index contributed by atoms with van der Waals surface area (Å²) in [5.74, 6) is 0.589. The number of halogens is 1. The third-order valence-corrected chi connectivity index (χ3v) is 2.28. The normalized spacial score (nSPS) is 17.4. The van der Waals surface area contributed by atoms with Gasteiger partial charge in [0.05, 0.1) is 0 Å². The van der Waals surface area contributed by atoms with Crippen LogP contribution >= 0.6 is 0 Å². The van der Waals surface area contributed by atoms with Gasteiger partial charge >= 0.3 is 0 Å². The highest BCUT2D eigenvalue weighted by Gasteiger charge is 2.16. The Hall–Kier alpha value is -0.890. The van der Waals surface area contributed by atoms with Gasteiger partial charge in [-0.3, -0.25) is 0 Å². The van der Waals surface area contributed by atoms with Crippen LogP contribution in [0.15, 0.2) is 24.3 Å². The topological polar surface area (TPSA) is 12.0 Å². The molecule has 1 nitrogen and oxygen atoms in total. The molecule has 0 aromatic heterocycles. The molecule has 1 aromatic rings. The first-order chi connectivity index (χ1) is 5.84. The van der Waals surface area contributed by atoms with Crippen LogP contribution in [0.5, 0.6) is 0 Å². The van der Waals surface area contributed by atoms with E-state index in [0.717, 1.165) is 25.1 Å². The van der Waals surface area contributed by atoms with Crippen molar-refractivity contribution in [3.8, 4) is 0 Å². The van der Waals surface area contributed by atoms with Gasteiger partial charge in [0.2, 0.25) is 0 Å². The van der Waals surface area contributed by atoms with E-state index in [0.29, 0.717) is 5.92 Å². The van der Waals surface area contributed by atoms with E-state index in [1.54, 1.807) is 12.1 Å². The highest BCUT2D eigenvalue weighted by molar-refractivity contribution is 5.17. The molecule has 2 heteroatoms. The average Bonchev–Trinajstić information content (AvgIpc) is 1.97. The van der Waals surface area contributed by atoms with E-state index in [-0.39, 0.29) is 5.82 Å². The zero-order valence-corrected chi connectivity index (χ0v) is 6.89. The largest absolute Gasteiger partial charge is 0.316 e. The van der Waals surface area contributed by atoms with E-state index in [9.17, 15) is 4.39 Å². The lowest BCUT2D eigenvalue weighted by atomic mass is 9.94. The van der Waals surface area contributed by atoms with Crippen LogP contribution in [0, 0.1) is 11.7 Å². The second-order valence-electron chi connectivity index (χ2n) is 3.36. The van der Waals surface area contributed by atoms with Crippen LogP contribution in [0.2, 0.25) is 0 Å². The van der Waals surface area contributed by atoms with Gasteiger partial charge in [-0.15, -0.1) is 0 Å². The standard InChI is InChI=1S/C10H12FN/c11-10-3-1-2-8(5-10)4-9-6-12-7-9/h1-3,5,9,12H,4,6-7H2. The minimum Gasteiger partial charge on any atom is -0.316 e. The smallest absolute Gasteiger partial charge is 0.123 e. The molecule has 0 radical (unpaired) electrons. The van der Waals surface area contributed by atoms with Crippen LogP contribution in [-0.2, 0) is 6.42 Å². The summed E-state index contributed by atoms with van der Waals surface area (Å²) >= 11 is 0. The van der Waals surface area contributed by atoms with Crippen LogP contribution in [0.4, 0.5) is 4.39 Å². The third kappa shape index (κ3) is 1.64. The quantitative estimate of drug-likeness (QED) is 0.701. The minimum atomic E-state index is -0.125. The van der Waals surface area contributed by atoms with Crippen LogP contribution in [0.3, 0.4) is 0 Å². The van der Waals surface area contributed by atoms with Gasteiger partial charge < -0.3 is 5.32 Å². The lowest BCUT2D eigenvalue weighted by molar-refractivity contribution is 0.346. The molecule has 0 atom stereocenters. The van der Waals surface area contributed by atoms with Crippen molar-refractivity contribution in [1.29, 1.82) is 0 Å². The maximum absolute atomic E-state index is 12.7. The molecule has 1 fully saturated rings. The molecule has 64 valence electrons. The Kier molecular flexibility index (Phi) is 2.09. The summed E-state index contributed by atoms with van der Waals surface area (Å²) in [6.07, 6.45) is 1.00. The van der Waals surface area contributed by atoms with Gasteiger partial charge in [0.25, 0.3) is 0 Å². The molecule has 0 unspecified atom stereocenters. The zero-order valence-electron chi connectivity index (χ0n) is 6.89. The SMILES string of the molecule is Fc1cccc(CC2CNC2)c1. The van der Waals surface area contributed by atoms with Gasteiger partial charge in [-0.1, -0.05) is 12.1 Å². The molecule has 2 rings (SSSR count). The van der Waals surface area contributed by atoms with Crippen molar-refractivity contribution in [2.75, 3.05) is 13.1 Å². The number of nitrogens with one attached hydrogen (secondary N) is 1. The van der Waals surface area contributed by atoms with Crippen molar-refractivity contribution in [3.63, 3.8) is 0 Å². The highest BCUT2D eigenvalue weighted by Crippen LogP contribution is 2.13. The van der Waals surface area contributed by atoms with E-state index in [2.05, 4.69) is 5.32 Å². The second kappa shape index (κ2) is 3.23. The Balaban J connectivity index is 2.02. The Morgan fingerprint density at radius 1 is 1.42 bits per heavy atom. The van der Waals surface area contributed by atoms with Crippen LogP contribution in [0.1, 0.15) is 5.56 Å². The van der Waals surface area contributed by atoms with E-state index in [1.807, 2.05) is 6.07 Å². The van der Waals surface area contributed by atoms with Gasteiger partial charge in [0.15, 0.2) is 0 Å². The van der Waals surface area contributed by atoms with Crippen LogP contribution < -0.4 is 5.32 Å². The molecule has 1 aliphatic rings. The molecule has 12 heavy (non-hydrogen) atoms. The molecule has 1 aromatic carbocycles. The number of rotatable bonds is 2. The predicted octanol–water partition coefficient (Wildman–Crippen LogP) is 1.59. The van der Waals surface area contributed by atoms with Crippen molar-refractivity contribution >= 4 is 0 Å². The van der Waals surface area contributed by atoms with E-state index < -0.39 is 0 Å². The summed E-state index contributed by atoms with van der Waals surface area (Å²) < 4.78 is 12.7. The number of hydrogen-bond acceptors (Lipinski definition) is 1. The molecule has 1 aliphatic heterocycles. The fourth-order valence-corrected chi connectivity index (χ4v) is 1.49. The van der Waals surface area contributed by atoms with Crippen molar-refractivity contribution in [3.05, 3.63) is 35.6 Å². The van der Waals surface area contributed by atoms with Gasteiger partial charge in [-0.2, -0.15) is 0 Å². The van der Waals surface area contributed by atoms with Crippen molar-refractivity contribution in [2.45, 2.75) is 6.42 Å². The number of benzene rings is 1. The first-order valence-corrected chi connectivity index (χ1v) is 4.30. The average molecular weight is 165 g/mol. The van der Waals surface area contributed by atoms with Gasteiger partial charge in [0, 0.05) is 0 Å². The van der Waals surface area contributed by atoms with E-state index in [1.165, 1.54) is 6.07 Å². The monoisotopic (exact) mass is 165 g/mol. The lowest BCUT2D eigenvalue weighted by Gasteiger charge is -2.26. The summed E-state index contributed by atoms with van der Waals surface area (Å²) in [7, 11) is 0. The van der Waals surface area contributed by atoms with Crippen LogP contribution in [0.25, 0.3) is 0 Å². The maximum atomic E-state index is 12.7. The molecule has 0 amide bonds. The van der Waals surface area contributed by atoms with E-state index >= 15 is 0 Å². The van der Waals surface area contributed by atoms with Gasteiger partial charge in [0.1, 0.15) is 5.82 Å². The third-order valence-electron chi connectivity index (χ3n) is 2.28. The Morgan fingerprint density at radius 2 is 2.25 bits per heavy atom. The lowest BCUT2D eigenvalue weighted by Crippen LogP contribution is -2.43. The van der Waals surface area contributed by atoms with Crippen molar-refractivity contribution in [2.24, 2.45) is 5.92 Å². The van der Waals surface area contributed by atoms with E-state index in [4.69, 9.17) is 0 Å². The molecule has 0 aliphatic carbocycles. The summed E-state index contributed by atoms with van der Waals surface area (Å²) in [6.45, 7) is 2.16. The minimum absolute atomic E-state index is 0.125. The molecular formula is C10H12FN. The number of hydrogen-bond donors (Lipinski definition) is 1. The predicted molar refractivity (Wildman–Crippen MR) is 46.5 cm³/mol. The van der Waals surface area contributed by atoms with Crippen molar-refractivity contribution < 1.29 is 4.39 Å². The first-order valence-electron chi connectivity index (χ1n) is 4.30. The molecule has 0 bridgehead atoms. The molecule has 0 saturated carbocycles. The summed E-state index contributed by atoms with van der Waals surface area (Å²) in [5, 5.41) is 3.20. The Morgan fingerprint density at radius 3 is 2.83 bits per heavy atom. The molecule has 1 saturated heterocycles. The first kappa shape index (κ1) is 7.74. The fourth-order valence-electron chi connectivity index (χ4n) is 1.49. The molecule has 0 spiro atoms. The Labute approximate surface area is 71.6 Å². The summed E-state index contributed by atoms with van der Waals surface area (Å²) in [6, 6.07) is 6.87. The molecular weight excluding hydrogens is 153 g/mol. The maximum Gasteiger partial charge on any atom is 0.123 e. The second-order valence-corrected chi connectivity index (χ2v) is 3.36. The van der Waals surface area contributed by atoms with Gasteiger partial charge in [-0.05, 0) is 43.1 Å². The molecule has 1 heterocycles. The highest BCUT2D eigenvalue weighted by atomic mass is 19.1. The summed E-state index contributed by atoms with van der Waals surface area (Å²) in [5.41, 5.74) is 1.11. The van der Waals surface area contributed by atoms with Crippen molar-refractivity contribution in [1.82, 2.24) is 5.32 Å². The molecule has 1 N–H and O–H groups in total. The zero-order chi connectivity index (χ0) is 8.39. The summed E-state index contributed by atoms with van der Waals surface area (Å²) in [4.78, 5) is 0.